The van der Waals surface area contributed by atoms with E-state index in [2.05, 4.69) is 5.32 Å². The molecule has 0 bridgehead atoms. The molecule has 0 radical (unpaired) electrons. The van der Waals surface area contributed by atoms with Crippen LogP contribution in [0.2, 0.25) is 5.02 Å². The van der Waals surface area contributed by atoms with Crippen LogP contribution in [0.3, 0.4) is 0 Å². The maximum atomic E-state index is 12.8. The summed E-state index contributed by atoms with van der Waals surface area (Å²) >= 11 is 5.84. The van der Waals surface area contributed by atoms with Crippen LogP contribution in [0.15, 0.2) is 36.4 Å². The van der Waals surface area contributed by atoms with Gasteiger partial charge in [0.2, 0.25) is 0 Å². The molecule has 0 fully saturated rings. The highest BCUT2D eigenvalue weighted by molar-refractivity contribution is 6.33. The molecule has 0 saturated carbocycles. The van der Waals surface area contributed by atoms with Crippen LogP contribution in [0.4, 0.5) is 18.9 Å². The molecule has 0 saturated heterocycles. The zero-order valence-electron chi connectivity index (χ0n) is 14.8. The van der Waals surface area contributed by atoms with E-state index < -0.39 is 29.7 Å². The quantitative estimate of drug-likeness (QED) is 0.722. The summed E-state index contributed by atoms with van der Waals surface area (Å²) in [6.45, 7) is 4.92. The fourth-order valence-corrected chi connectivity index (χ4v) is 2.52. The number of benzene rings is 2. The summed E-state index contributed by atoms with van der Waals surface area (Å²) in [6, 6.07) is 7.68. The summed E-state index contributed by atoms with van der Waals surface area (Å²) in [5.41, 5.74) is 0.785. The Morgan fingerprint density at radius 3 is 2.37 bits per heavy atom. The number of carbonyl (C=O) groups is 2. The highest BCUT2D eigenvalue weighted by Crippen LogP contribution is 2.33. The molecule has 8 heteroatoms. The third-order valence-corrected chi connectivity index (χ3v) is 4.14. The van der Waals surface area contributed by atoms with Gasteiger partial charge >= 0.3 is 12.1 Å². The molecule has 2 aromatic carbocycles. The Kier molecular flexibility index (Phi) is 6.15. The minimum absolute atomic E-state index is 0.0655. The Balaban J connectivity index is 2.11. The van der Waals surface area contributed by atoms with E-state index >= 15 is 0 Å². The van der Waals surface area contributed by atoms with Crippen LogP contribution in [0.5, 0.6) is 0 Å². The average molecular weight is 400 g/mol. The lowest BCUT2D eigenvalue weighted by atomic mass is 10.1. The largest absolute Gasteiger partial charge is 0.449 e. The van der Waals surface area contributed by atoms with Crippen molar-refractivity contribution in [2.45, 2.75) is 33.1 Å². The van der Waals surface area contributed by atoms with Gasteiger partial charge in [0.05, 0.1) is 21.8 Å². The SMILES string of the molecule is Cc1ccc(C(=O)O[C@H](C)C(=O)Nc2cc(C(F)(F)F)ccc2Cl)c(C)c1. The van der Waals surface area contributed by atoms with Gasteiger partial charge in [-0.05, 0) is 50.6 Å². The highest BCUT2D eigenvalue weighted by atomic mass is 35.5. The predicted octanol–water partition coefficient (Wildman–Crippen LogP) is 5.16. The molecule has 1 atom stereocenters. The number of ether oxygens (including phenoxy) is 1. The van der Waals surface area contributed by atoms with Crippen LogP contribution in [-0.2, 0) is 15.7 Å². The number of esters is 1. The van der Waals surface area contributed by atoms with Crippen molar-refractivity contribution >= 4 is 29.2 Å². The maximum Gasteiger partial charge on any atom is 0.416 e. The van der Waals surface area contributed by atoms with Gasteiger partial charge in [0.1, 0.15) is 0 Å². The first kappa shape index (κ1) is 20.8. The summed E-state index contributed by atoms with van der Waals surface area (Å²) in [5, 5.41) is 2.19. The number of carbonyl (C=O) groups excluding carboxylic acids is 2. The summed E-state index contributed by atoms with van der Waals surface area (Å²) in [7, 11) is 0. The summed E-state index contributed by atoms with van der Waals surface area (Å²) < 4.78 is 43.5. The minimum Gasteiger partial charge on any atom is -0.449 e. The number of hydrogen-bond donors (Lipinski definition) is 1. The Morgan fingerprint density at radius 2 is 1.78 bits per heavy atom. The van der Waals surface area contributed by atoms with Crippen molar-refractivity contribution in [1.29, 1.82) is 0 Å². The average Bonchev–Trinajstić information content (AvgIpc) is 2.55. The first-order valence-corrected chi connectivity index (χ1v) is 8.32. The van der Waals surface area contributed by atoms with Crippen LogP contribution in [0.1, 0.15) is 34.0 Å². The van der Waals surface area contributed by atoms with Crippen LogP contribution in [-0.4, -0.2) is 18.0 Å². The number of aryl methyl sites for hydroxylation is 2. The summed E-state index contributed by atoms with van der Waals surface area (Å²) in [4.78, 5) is 24.4. The van der Waals surface area contributed by atoms with Crippen molar-refractivity contribution in [2.24, 2.45) is 0 Å². The molecule has 0 aliphatic heterocycles. The molecule has 27 heavy (non-hydrogen) atoms. The zero-order valence-corrected chi connectivity index (χ0v) is 15.5. The van der Waals surface area contributed by atoms with E-state index in [4.69, 9.17) is 16.3 Å². The van der Waals surface area contributed by atoms with Crippen molar-refractivity contribution < 1.29 is 27.5 Å². The zero-order chi connectivity index (χ0) is 20.4. The molecule has 1 N–H and O–H groups in total. The van der Waals surface area contributed by atoms with Gasteiger partial charge in [-0.3, -0.25) is 4.79 Å². The molecular formula is C19H17ClF3NO3. The summed E-state index contributed by atoms with van der Waals surface area (Å²) in [5.74, 6) is -1.50. The molecule has 144 valence electrons. The fourth-order valence-electron chi connectivity index (χ4n) is 2.35. The van der Waals surface area contributed by atoms with Gasteiger partial charge in [-0.1, -0.05) is 29.3 Å². The van der Waals surface area contributed by atoms with Crippen LogP contribution in [0, 0.1) is 13.8 Å². The Labute approximate surface area is 159 Å². The molecule has 1 amide bonds. The second-order valence-electron chi connectivity index (χ2n) is 6.05. The lowest BCUT2D eigenvalue weighted by molar-refractivity contribution is -0.137. The van der Waals surface area contributed by atoms with E-state index in [0.29, 0.717) is 11.1 Å². The number of nitrogens with one attached hydrogen (secondary N) is 1. The number of rotatable bonds is 4. The molecule has 0 aliphatic carbocycles. The molecule has 0 aliphatic rings. The van der Waals surface area contributed by atoms with E-state index in [0.717, 1.165) is 23.8 Å². The monoisotopic (exact) mass is 399 g/mol. The lowest BCUT2D eigenvalue weighted by Gasteiger charge is -2.16. The van der Waals surface area contributed by atoms with Crippen molar-refractivity contribution in [3.63, 3.8) is 0 Å². The molecule has 2 rings (SSSR count). The van der Waals surface area contributed by atoms with Gasteiger partial charge in [0, 0.05) is 0 Å². The lowest BCUT2D eigenvalue weighted by Crippen LogP contribution is -2.30. The second kappa shape index (κ2) is 8.00. The number of alkyl halides is 3. The number of halogens is 4. The van der Waals surface area contributed by atoms with Gasteiger partial charge in [0.25, 0.3) is 5.91 Å². The second-order valence-corrected chi connectivity index (χ2v) is 6.45. The van der Waals surface area contributed by atoms with E-state index in [1.54, 1.807) is 25.1 Å². The van der Waals surface area contributed by atoms with E-state index in [9.17, 15) is 22.8 Å². The van der Waals surface area contributed by atoms with Gasteiger partial charge in [-0.25, -0.2) is 4.79 Å². The van der Waals surface area contributed by atoms with E-state index in [1.165, 1.54) is 6.92 Å². The molecular weight excluding hydrogens is 383 g/mol. The molecule has 2 aromatic rings. The van der Waals surface area contributed by atoms with Gasteiger partial charge in [0.15, 0.2) is 6.10 Å². The molecule has 0 spiro atoms. The number of anilines is 1. The van der Waals surface area contributed by atoms with Crippen molar-refractivity contribution in [3.8, 4) is 0 Å². The Bertz CT molecular complexity index is 881. The fraction of sp³-hybridized carbons (Fsp3) is 0.263. The predicted molar refractivity (Wildman–Crippen MR) is 95.9 cm³/mol. The molecule has 4 nitrogen and oxygen atoms in total. The summed E-state index contributed by atoms with van der Waals surface area (Å²) in [6.07, 6.45) is -5.81. The smallest absolute Gasteiger partial charge is 0.416 e. The number of hydrogen-bond acceptors (Lipinski definition) is 3. The van der Waals surface area contributed by atoms with Crippen molar-refractivity contribution in [2.75, 3.05) is 5.32 Å². The molecule has 0 unspecified atom stereocenters. The van der Waals surface area contributed by atoms with Crippen LogP contribution in [0.25, 0.3) is 0 Å². The Morgan fingerprint density at radius 1 is 1.11 bits per heavy atom. The topological polar surface area (TPSA) is 55.4 Å². The standard InChI is InChI=1S/C19H17ClF3NO3/c1-10-4-6-14(11(2)8-10)18(26)27-12(3)17(25)24-16-9-13(19(21,22)23)5-7-15(16)20/h4-9,12H,1-3H3,(H,24,25)/t12-/m1/s1. The first-order valence-electron chi connectivity index (χ1n) is 7.95. The van der Waals surface area contributed by atoms with Gasteiger partial charge < -0.3 is 10.1 Å². The first-order chi connectivity index (χ1) is 12.5. The molecule has 0 heterocycles. The highest BCUT2D eigenvalue weighted by Gasteiger charge is 2.31. The molecule has 0 aromatic heterocycles. The van der Waals surface area contributed by atoms with E-state index in [1.807, 2.05) is 6.92 Å². The van der Waals surface area contributed by atoms with Gasteiger partial charge in [-0.15, -0.1) is 0 Å². The Hall–Kier alpha value is -2.54. The van der Waals surface area contributed by atoms with E-state index in [-0.39, 0.29) is 10.7 Å². The van der Waals surface area contributed by atoms with Crippen LogP contribution >= 0.6 is 11.6 Å². The van der Waals surface area contributed by atoms with Gasteiger partial charge in [-0.2, -0.15) is 13.2 Å². The van der Waals surface area contributed by atoms with Crippen molar-refractivity contribution in [1.82, 2.24) is 0 Å². The maximum absolute atomic E-state index is 12.8. The minimum atomic E-state index is -4.58. The third-order valence-electron chi connectivity index (χ3n) is 3.81. The third kappa shape index (κ3) is 5.23. The van der Waals surface area contributed by atoms with Crippen molar-refractivity contribution in [3.05, 3.63) is 63.7 Å². The normalized spacial score (nSPS) is 12.4. The number of amides is 1. The van der Waals surface area contributed by atoms with Crippen LogP contribution < -0.4 is 5.32 Å².